The first-order valence-electron chi connectivity index (χ1n) is 7.13. The second kappa shape index (κ2) is 7.41. The first-order chi connectivity index (χ1) is 10.5. The second-order valence-corrected chi connectivity index (χ2v) is 5.24. The number of rotatable bonds is 5. The van der Waals surface area contributed by atoms with E-state index in [9.17, 15) is 4.79 Å². The van der Waals surface area contributed by atoms with Crippen LogP contribution >= 0.6 is 0 Å². The van der Waals surface area contributed by atoms with Gasteiger partial charge in [-0.3, -0.25) is 4.79 Å². The normalized spacial score (nSPS) is 10.7. The van der Waals surface area contributed by atoms with Crippen molar-refractivity contribution in [2.24, 2.45) is 5.10 Å². The van der Waals surface area contributed by atoms with Crippen molar-refractivity contribution >= 4 is 12.1 Å². The van der Waals surface area contributed by atoms with E-state index in [-0.39, 0.29) is 12.5 Å². The maximum atomic E-state index is 11.7. The average molecular weight is 296 g/mol. The molecule has 0 unspecified atom stereocenters. The van der Waals surface area contributed by atoms with Crippen LogP contribution in [0, 0.1) is 20.8 Å². The molecule has 1 N–H and O–H groups in total. The quantitative estimate of drug-likeness (QED) is 0.680. The third-order valence-electron chi connectivity index (χ3n) is 3.33. The van der Waals surface area contributed by atoms with E-state index in [2.05, 4.69) is 10.5 Å². The monoisotopic (exact) mass is 296 g/mol. The third kappa shape index (κ3) is 4.74. The van der Waals surface area contributed by atoms with Crippen molar-refractivity contribution in [2.45, 2.75) is 20.8 Å². The molecular formula is C18H20N2O2. The van der Waals surface area contributed by atoms with Crippen molar-refractivity contribution < 1.29 is 9.53 Å². The van der Waals surface area contributed by atoms with Gasteiger partial charge in [0, 0.05) is 0 Å². The number of nitrogens with one attached hydrogen (secondary N) is 1. The zero-order chi connectivity index (χ0) is 15.9. The van der Waals surface area contributed by atoms with E-state index in [1.165, 1.54) is 11.1 Å². The Hall–Kier alpha value is -2.62. The molecule has 0 aliphatic carbocycles. The number of benzene rings is 2. The third-order valence-corrected chi connectivity index (χ3v) is 3.33. The Morgan fingerprint density at radius 2 is 1.82 bits per heavy atom. The Kier molecular flexibility index (Phi) is 5.31. The molecule has 2 rings (SSSR count). The molecule has 0 heterocycles. The largest absolute Gasteiger partial charge is 0.484 e. The van der Waals surface area contributed by atoms with E-state index in [1.54, 1.807) is 6.21 Å². The van der Waals surface area contributed by atoms with Gasteiger partial charge in [0.2, 0.25) is 0 Å². The van der Waals surface area contributed by atoms with Crippen LogP contribution < -0.4 is 10.2 Å². The van der Waals surface area contributed by atoms with Gasteiger partial charge in [-0.2, -0.15) is 5.10 Å². The highest BCUT2D eigenvalue weighted by atomic mass is 16.5. The summed E-state index contributed by atoms with van der Waals surface area (Å²) in [6.07, 6.45) is 1.60. The lowest BCUT2D eigenvalue weighted by molar-refractivity contribution is -0.123. The molecule has 1 amide bonds. The maximum Gasteiger partial charge on any atom is 0.277 e. The summed E-state index contributed by atoms with van der Waals surface area (Å²) in [7, 11) is 0. The van der Waals surface area contributed by atoms with Gasteiger partial charge in [-0.1, -0.05) is 35.9 Å². The molecule has 0 saturated heterocycles. The van der Waals surface area contributed by atoms with Crippen LogP contribution in [0.1, 0.15) is 22.3 Å². The van der Waals surface area contributed by atoms with Gasteiger partial charge in [-0.05, 0) is 49.6 Å². The van der Waals surface area contributed by atoms with E-state index < -0.39 is 0 Å². The van der Waals surface area contributed by atoms with E-state index in [0.717, 1.165) is 11.1 Å². The fourth-order valence-corrected chi connectivity index (χ4v) is 1.82. The van der Waals surface area contributed by atoms with Crippen LogP contribution in [0.4, 0.5) is 0 Å². The average Bonchev–Trinajstić information content (AvgIpc) is 2.50. The Morgan fingerprint density at radius 1 is 1.09 bits per heavy atom. The Bertz CT molecular complexity index is 676. The number of nitrogens with zero attached hydrogens (tertiary/aromatic N) is 1. The summed E-state index contributed by atoms with van der Waals surface area (Å²) >= 11 is 0. The molecule has 0 fully saturated rings. The van der Waals surface area contributed by atoms with Crippen molar-refractivity contribution in [3.8, 4) is 5.75 Å². The zero-order valence-corrected chi connectivity index (χ0v) is 13.1. The fraction of sp³-hybridized carbons (Fsp3) is 0.222. The summed E-state index contributed by atoms with van der Waals surface area (Å²) in [6.45, 7) is 6.00. The predicted octanol–water partition coefficient (Wildman–Crippen LogP) is 3.14. The number of carbonyl (C=O) groups excluding carboxylic acids is 1. The van der Waals surface area contributed by atoms with Gasteiger partial charge in [-0.15, -0.1) is 0 Å². The van der Waals surface area contributed by atoms with Crippen LogP contribution in [0.25, 0.3) is 0 Å². The van der Waals surface area contributed by atoms with E-state index in [0.29, 0.717) is 5.75 Å². The van der Waals surface area contributed by atoms with Gasteiger partial charge in [0.1, 0.15) is 5.75 Å². The molecule has 0 bridgehead atoms. The molecule has 0 aliphatic rings. The predicted molar refractivity (Wildman–Crippen MR) is 88.3 cm³/mol. The number of aryl methyl sites for hydroxylation is 3. The molecule has 114 valence electrons. The molecule has 0 atom stereocenters. The topological polar surface area (TPSA) is 50.7 Å². The molecular weight excluding hydrogens is 276 g/mol. The molecule has 4 nitrogen and oxygen atoms in total. The van der Waals surface area contributed by atoms with Crippen LogP contribution in [0.2, 0.25) is 0 Å². The van der Waals surface area contributed by atoms with Gasteiger partial charge in [0.05, 0.1) is 6.21 Å². The number of hydrazone groups is 1. The lowest BCUT2D eigenvalue weighted by Gasteiger charge is -2.07. The van der Waals surface area contributed by atoms with E-state index in [1.807, 2.05) is 63.2 Å². The molecule has 0 aromatic heterocycles. The highest BCUT2D eigenvalue weighted by Gasteiger charge is 2.02. The molecule has 4 heteroatoms. The molecule has 2 aromatic carbocycles. The van der Waals surface area contributed by atoms with Gasteiger partial charge in [0.15, 0.2) is 6.61 Å². The van der Waals surface area contributed by atoms with E-state index in [4.69, 9.17) is 4.74 Å². The summed E-state index contributed by atoms with van der Waals surface area (Å²) in [6, 6.07) is 13.6. The minimum absolute atomic E-state index is 0.0618. The van der Waals surface area contributed by atoms with Gasteiger partial charge in [-0.25, -0.2) is 5.43 Å². The Morgan fingerprint density at radius 3 is 2.50 bits per heavy atom. The Balaban J connectivity index is 1.80. The number of ether oxygens (including phenoxy) is 1. The summed E-state index contributed by atoms with van der Waals surface area (Å²) in [5.74, 6) is 0.391. The first-order valence-corrected chi connectivity index (χ1v) is 7.13. The van der Waals surface area contributed by atoms with Crippen molar-refractivity contribution in [1.29, 1.82) is 0 Å². The fourth-order valence-electron chi connectivity index (χ4n) is 1.82. The van der Waals surface area contributed by atoms with Crippen molar-refractivity contribution in [3.05, 3.63) is 64.7 Å². The summed E-state index contributed by atoms with van der Waals surface area (Å²) in [5.41, 5.74) is 6.89. The minimum atomic E-state index is -0.290. The molecule has 0 spiro atoms. The van der Waals surface area contributed by atoms with Crippen molar-refractivity contribution in [3.63, 3.8) is 0 Å². The van der Waals surface area contributed by atoms with Gasteiger partial charge >= 0.3 is 0 Å². The SMILES string of the molecule is Cc1ccc(/C=N/NC(=O)COc2ccc(C)c(C)c2)cc1. The minimum Gasteiger partial charge on any atom is -0.484 e. The number of hydrogen-bond acceptors (Lipinski definition) is 3. The highest BCUT2D eigenvalue weighted by Crippen LogP contribution is 2.16. The van der Waals surface area contributed by atoms with Crippen LogP contribution in [-0.4, -0.2) is 18.7 Å². The lowest BCUT2D eigenvalue weighted by atomic mass is 10.1. The molecule has 0 saturated carbocycles. The number of carbonyl (C=O) groups is 1. The standard InChI is InChI=1S/C18H20N2O2/c1-13-4-7-16(8-5-13)11-19-20-18(21)12-22-17-9-6-14(2)15(3)10-17/h4-11H,12H2,1-3H3,(H,20,21)/b19-11+. The zero-order valence-electron chi connectivity index (χ0n) is 13.1. The van der Waals surface area contributed by atoms with Crippen molar-refractivity contribution in [1.82, 2.24) is 5.43 Å². The Labute approximate surface area is 130 Å². The van der Waals surface area contributed by atoms with Crippen molar-refractivity contribution in [2.75, 3.05) is 6.61 Å². The summed E-state index contributed by atoms with van der Waals surface area (Å²) in [4.78, 5) is 11.7. The van der Waals surface area contributed by atoms with Crippen LogP contribution in [0.15, 0.2) is 47.6 Å². The number of amides is 1. The van der Waals surface area contributed by atoms with E-state index >= 15 is 0 Å². The molecule has 2 aromatic rings. The van der Waals surface area contributed by atoms with Gasteiger partial charge < -0.3 is 4.74 Å². The van der Waals surface area contributed by atoms with Crippen LogP contribution in [0.5, 0.6) is 5.75 Å². The smallest absolute Gasteiger partial charge is 0.277 e. The second-order valence-electron chi connectivity index (χ2n) is 5.24. The molecule has 0 radical (unpaired) electrons. The molecule has 22 heavy (non-hydrogen) atoms. The summed E-state index contributed by atoms with van der Waals surface area (Å²) in [5, 5.41) is 3.91. The van der Waals surface area contributed by atoms with Crippen LogP contribution in [0.3, 0.4) is 0 Å². The summed E-state index contributed by atoms with van der Waals surface area (Å²) < 4.78 is 5.44. The first kappa shape index (κ1) is 15.8. The lowest BCUT2D eigenvalue weighted by Crippen LogP contribution is -2.24. The maximum absolute atomic E-state index is 11.7. The highest BCUT2D eigenvalue weighted by molar-refractivity contribution is 5.82. The molecule has 0 aliphatic heterocycles. The van der Waals surface area contributed by atoms with Crippen LogP contribution in [-0.2, 0) is 4.79 Å². The van der Waals surface area contributed by atoms with Gasteiger partial charge in [0.25, 0.3) is 5.91 Å². The number of hydrogen-bond donors (Lipinski definition) is 1.